The minimum absolute atomic E-state index is 0.309. The number of aliphatic hydroxyl groups excluding tert-OH is 1. The number of likely N-dealkylation sites (tertiary alicyclic amines) is 1. The summed E-state index contributed by atoms with van der Waals surface area (Å²) in [5.41, 5.74) is -0.484. The highest BCUT2D eigenvalue weighted by Crippen LogP contribution is 2.38. The number of rotatable bonds is 2. The van der Waals surface area contributed by atoms with Gasteiger partial charge in [-0.2, -0.15) is 0 Å². The van der Waals surface area contributed by atoms with Gasteiger partial charge in [-0.1, -0.05) is 0 Å². The smallest absolute Gasteiger partial charge is 0.0758 e. The quantitative estimate of drug-likeness (QED) is 0.606. The lowest BCUT2D eigenvalue weighted by molar-refractivity contribution is 0.0664. The first-order valence-electron chi connectivity index (χ1n) is 4.70. The van der Waals surface area contributed by atoms with E-state index >= 15 is 0 Å². The van der Waals surface area contributed by atoms with Gasteiger partial charge in [0.1, 0.15) is 0 Å². The predicted octanol–water partition coefficient (Wildman–Crippen LogP) is -0.176. The van der Waals surface area contributed by atoms with Crippen molar-refractivity contribution in [3.05, 3.63) is 0 Å². The summed E-state index contributed by atoms with van der Waals surface area (Å²) in [4.78, 5) is 2.31. The molecule has 0 radical (unpaired) electrons. The molecule has 1 heterocycles. The second-order valence-electron chi connectivity index (χ2n) is 4.46. The Hall–Kier alpha value is -0.120. The molecular weight excluding hydrogens is 154 g/mol. The molecule has 2 aliphatic rings. The van der Waals surface area contributed by atoms with E-state index in [0.717, 1.165) is 25.9 Å². The molecule has 1 aliphatic heterocycles. The van der Waals surface area contributed by atoms with E-state index in [4.69, 9.17) is 5.11 Å². The van der Waals surface area contributed by atoms with Gasteiger partial charge in [-0.25, -0.2) is 0 Å². The van der Waals surface area contributed by atoms with Gasteiger partial charge in [0.05, 0.1) is 5.60 Å². The fourth-order valence-corrected chi connectivity index (χ4v) is 2.14. The number of β-amino-alcohol motifs (C(OH)–C–C–N with tert-alkyl or cyclic N) is 1. The van der Waals surface area contributed by atoms with Gasteiger partial charge in [0.2, 0.25) is 0 Å². The highest BCUT2D eigenvalue weighted by atomic mass is 16.3. The van der Waals surface area contributed by atoms with E-state index < -0.39 is 5.60 Å². The minimum atomic E-state index is -0.484. The van der Waals surface area contributed by atoms with Crippen LogP contribution in [0.4, 0.5) is 0 Å². The van der Waals surface area contributed by atoms with Crippen molar-refractivity contribution >= 4 is 0 Å². The molecule has 1 saturated carbocycles. The molecule has 1 saturated heterocycles. The summed E-state index contributed by atoms with van der Waals surface area (Å²) in [5.74, 6) is 0.485. The normalized spacial score (nSPS) is 48.2. The van der Waals surface area contributed by atoms with Crippen LogP contribution in [0.1, 0.15) is 19.8 Å². The minimum Gasteiger partial charge on any atom is -0.396 e. The zero-order valence-corrected chi connectivity index (χ0v) is 7.53. The largest absolute Gasteiger partial charge is 0.396 e. The summed E-state index contributed by atoms with van der Waals surface area (Å²) in [7, 11) is 0. The van der Waals surface area contributed by atoms with Crippen LogP contribution in [-0.4, -0.2) is 46.5 Å². The van der Waals surface area contributed by atoms with Crippen LogP contribution in [0.15, 0.2) is 0 Å². The molecule has 0 spiro atoms. The van der Waals surface area contributed by atoms with Crippen LogP contribution in [0, 0.1) is 5.92 Å². The summed E-state index contributed by atoms with van der Waals surface area (Å²) < 4.78 is 0. The Morgan fingerprint density at radius 1 is 1.58 bits per heavy atom. The van der Waals surface area contributed by atoms with Crippen molar-refractivity contribution in [2.24, 2.45) is 5.92 Å². The fourth-order valence-electron chi connectivity index (χ4n) is 2.14. The Labute approximate surface area is 73.0 Å². The molecule has 0 bridgehead atoms. The Morgan fingerprint density at radius 2 is 2.33 bits per heavy atom. The SMILES string of the molecule is CC1(O)CCN(C2CC2CO)C1. The first kappa shape index (κ1) is 8.48. The molecule has 3 atom stereocenters. The molecule has 0 aromatic heterocycles. The number of aliphatic hydroxyl groups is 2. The lowest BCUT2D eigenvalue weighted by Crippen LogP contribution is -2.31. The highest BCUT2D eigenvalue weighted by molar-refractivity contribution is 5.00. The lowest BCUT2D eigenvalue weighted by atomic mass is 10.1. The number of hydrogen-bond donors (Lipinski definition) is 2. The van der Waals surface area contributed by atoms with Crippen molar-refractivity contribution in [1.82, 2.24) is 4.90 Å². The third-order valence-corrected chi connectivity index (χ3v) is 3.07. The maximum atomic E-state index is 9.70. The first-order valence-corrected chi connectivity index (χ1v) is 4.70. The Bertz CT molecular complexity index is 181. The second-order valence-corrected chi connectivity index (χ2v) is 4.46. The third kappa shape index (κ3) is 1.49. The first-order chi connectivity index (χ1) is 5.62. The highest BCUT2D eigenvalue weighted by Gasteiger charge is 2.45. The number of nitrogens with zero attached hydrogens (tertiary/aromatic N) is 1. The zero-order valence-electron chi connectivity index (χ0n) is 7.53. The Balaban J connectivity index is 1.85. The van der Waals surface area contributed by atoms with E-state index in [9.17, 15) is 5.11 Å². The molecule has 70 valence electrons. The van der Waals surface area contributed by atoms with Crippen molar-refractivity contribution in [2.45, 2.75) is 31.4 Å². The van der Waals surface area contributed by atoms with Gasteiger partial charge in [-0.3, -0.25) is 4.90 Å². The van der Waals surface area contributed by atoms with Gasteiger partial charge in [-0.05, 0) is 25.7 Å². The summed E-state index contributed by atoms with van der Waals surface area (Å²) in [6.07, 6.45) is 1.99. The van der Waals surface area contributed by atoms with Gasteiger partial charge in [0.15, 0.2) is 0 Å². The van der Waals surface area contributed by atoms with Crippen LogP contribution in [0.5, 0.6) is 0 Å². The molecule has 0 aromatic carbocycles. The molecule has 3 unspecified atom stereocenters. The average molecular weight is 171 g/mol. The van der Waals surface area contributed by atoms with Crippen molar-refractivity contribution in [3.63, 3.8) is 0 Å². The van der Waals surface area contributed by atoms with Gasteiger partial charge in [-0.15, -0.1) is 0 Å². The van der Waals surface area contributed by atoms with Crippen LogP contribution < -0.4 is 0 Å². The molecule has 1 aliphatic carbocycles. The summed E-state index contributed by atoms with van der Waals surface area (Å²) in [5, 5.41) is 18.6. The molecule has 2 fully saturated rings. The average Bonchev–Trinajstić information content (AvgIpc) is 2.70. The van der Waals surface area contributed by atoms with Crippen molar-refractivity contribution < 1.29 is 10.2 Å². The van der Waals surface area contributed by atoms with Crippen LogP contribution in [0.2, 0.25) is 0 Å². The summed E-state index contributed by atoms with van der Waals surface area (Å²) >= 11 is 0. The zero-order chi connectivity index (χ0) is 8.77. The van der Waals surface area contributed by atoms with Crippen LogP contribution in [0.25, 0.3) is 0 Å². The van der Waals surface area contributed by atoms with Crippen LogP contribution >= 0.6 is 0 Å². The molecule has 2 N–H and O–H groups in total. The summed E-state index contributed by atoms with van der Waals surface area (Å²) in [6.45, 7) is 3.98. The van der Waals surface area contributed by atoms with Crippen LogP contribution in [0.3, 0.4) is 0 Å². The predicted molar refractivity (Wildman–Crippen MR) is 45.8 cm³/mol. The maximum Gasteiger partial charge on any atom is 0.0758 e. The second kappa shape index (κ2) is 2.69. The van der Waals surface area contributed by atoms with Gasteiger partial charge < -0.3 is 10.2 Å². The lowest BCUT2D eigenvalue weighted by Gasteiger charge is -2.18. The Morgan fingerprint density at radius 3 is 2.75 bits per heavy atom. The molecule has 3 heteroatoms. The van der Waals surface area contributed by atoms with Gasteiger partial charge in [0.25, 0.3) is 0 Å². The third-order valence-electron chi connectivity index (χ3n) is 3.07. The maximum absolute atomic E-state index is 9.70. The molecule has 12 heavy (non-hydrogen) atoms. The van der Waals surface area contributed by atoms with E-state index in [1.54, 1.807) is 0 Å². The summed E-state index contributed by atoms with van der Waals surface area (Å²) in [6, 6.07) is 0.559. The molecule has 2 rings (SSSR count). The fraction of sp³-hybridized carbons (Fsp3) is 1.00. The van der Waals surface area contributed by atoms with E-state index in [2.05, 4.69) is 4.90 Å². The standard InChI is InChI=1S/C9H17NO2/c1-9(12)2-3-10(6-9)8-4-7(8)5-11/h7-8,11-12H,2-6H2,1H3. The topological polar surface area (TPSA) is 43.7 Å². The molecule has 0 amide bonds. The van der Waals surface area contributed by atoms with Gasteiger partial charge in [0, 0.05) is 25.7 Å². The van der Waals surface area contributed by atoms with Gasteiger partial charge >= 0.3 is 0 Å². The van der Waals surface area contributed by atoms with Crippen LogP contribution in [-0.2, 0) is 0 Å². The van der Waals surface area contributed by atoms with Crippen molar-refractivity contribution in [2.75, 3.05) is 19.7 Å². The van der Waals surface area contributed by atoms with E-state index in [0.29, 0.717) is 18.6 Å². The van der Waals surface area contributed by atoms with Crippen molar-refractivity contribution in [3.8, 4) is 0 Å². The molecule has 3 nitrogen and oxygen atoms in total. The van der Waals surface area contributed by atoms with Crippen molar-refractivity contribution in [1.29, 1.82) is 0 Å². The van der Waals surface area contributed by atoms with E-state index in [-0.39, 0.29) is 0 Å². The molecular formula is C9H17NO2. The Kier molecular flexibility index (Phi) is 1.90. The van der Waals surface area contributed by atoms with E-state index in [1.807, 2.05) is 6.92 Å². The number of hydrogen-bond acceptors (Lipinski definition) is 3. The monoisotopic (exact) mass is 171 g/mol. The molecule has 0 aromatic rings. The van der Waals surface area contributed by atoms with E-state index in [1.165, 1.54) is 0 Å².